The lowest BCUT2D eigenvalue weighted by Gasteiger charge is -2.34. The first-order valence-corrected chi connectivity index (χ1v) is 7.31. The van der Waals surface area contributed by atoms with E-state index in [1.807, 2.05) is 0 Å². The van der Waals surface area contributed by atoms with Gasteiger partial charge in [0.25, 0.3) is 0 Å². The number of aromatic nitrogens is 2. The van der Waals surface area contributed by atoms with E-state index in [0.29, 0.717) is 29.4 Å². The molecule has 2 aromatic rings. The Morgan fingerprint density at radius 1 is 1.45 bits per heavy atom. The summed E-state index contributed by atoms with van der Waals surface area (Å²) in [6.07, 6.45) is 3.27. The van der Waals surface area contributed by atoms with E-state index >= 15 is 0 Å². The maximum Gasteiger partial charge on any atom is 0.231 e. The van der Waals surface area contributed by atoms with Gasteiger partial charge in [0.2, 0.25) is 5.89 Å². The Balaban J connectivity index is 1.86. The summed E-state index contributed by atoms with van der Waals surface area (Å²) in [6, 6.07) is 5.32. The van der Waals surface area contributed by atoms with E-state index in [1.165, 1.54) is 6.92 Å². The fourth-order valence-electron chi connectivity index (χ4n) is 2.61. The second-order valence-corrected chi connectivity index (χ2v) is 5.78. The van der Waals surface area contributed by atoms with E-state index in [1.54, 1.807) is 25.3 Å². The zero-order valence-corrected chi connectivity index (χ0v) is 12.8. The maximum atomic E-state index is 11.5. The van der Waals surface area contributed by atoms with Gasteiger partial charge in [0.05, 0.1) is 19.1 Å². The van der Waals surface area contributed by atoms with Crippen LogP contribution in [0.5, 0.6) is 5.75 Å². The van der Waals surface area contributed by atoms with Gasteiger partial charge in [-0.25, -0.2) is 0 Å². The van der Waals surface area contributed by atoms with Gasteiger partial charge in [-0.15, -0.1) is 0 Å². The number of benzene rings is 1. The van der Waals surface area contributed by atoms with Crippen molar-refractivity contribution in [3.63, 3.8) is 0 Å². The molecule has 1 aromatic carbocycles. The van der Waals surface area contributed by atoms with Crippen LogP contribution in [-0.2, 0) is 12.0 Å². The molecule has 0 radical (unpaired) electrons. The third-order valence-electron chi connectivity index (χ3n) is 4.19. The molecule has 1 heterocycles. The molecule has 1 fully saturated rings. The normalized spacial score (nSPS) is 16.1. The van der Waals surface area contributed by atoms with Crippen LogP contribution in [0.3, 0.4) is 0 Å². The van der Waals surface area contributed by atoms with Crippen molar-refractivity contribution in [2.75, 3.05) is 7.11 Å². The maximum absolute atomic E-state index is 11.5. The molecule has 2 N–H and O–H groups in total. The van der Waals surface area contributed by atoms with Gasteiger partial charge in [0.1, 0.15) is 5.75 Å². The summed E-state index contributed by atoms with van der Waals surface area (Å²) in [6.45, 7) is 1.53. The van der Waals surface area contributed by atoms with Crippen molar-refractivity contribution < 1.29 is 14.1 Å². The van der Waals surface area contributed by atoms with Crippen molar-refractivity contribution in [2.24, 2.45) is 5.73 Å². The third-order valence-corrected chi connectivity index (χ3v) is 4.19. The molecular weight excluding hydrogens is 282 g/mol. The van der Waals surface area contributed by atoms with E-state index < -0.39 is 5.54 Å². The Morgan fingerprint density at radius 2 is 2.23 bits per heavy atom. The van der Waals surface area contributed by atoms with Crippen LogP contribution in [0.2, 0.25) is 0 Å². The molecule has 1 aromatic heterocycles. The Morgan fingerprint density at radius 3 is 2.82 bits per heavy atom. The number of ketones is 1. The lowest BCUT2D eigenvalue weighted by atomic mass is 9.77. The summed E-state index contributed by atoms with van der Waals surface area (Å²) in [7, 11) is 1.59. The lowest BCUT2D eigenvalue weighted by Crippen LogP contribution is -2.44. The van der Waals surface area contributed by atoms with Crippen molar-refractivity contribution in [3.8, 4) is 5.75 Å². The van der Waals surface area contributed by atoms with Crippen molar-refractivity contribution in [1.29, 1.82) is 0 Å². The summed E-state index contributed by atoms with van der Waals surface area (Å²) in [5.41, 5.74) is 7.23. The van der Waals surface area contributed by atoms with Crippen LogP contribution in [-0.4, -0.2) is 23.0 Å². The molecular formula is C16H19N3O3. The number of carbonyl (C=O) groups is 1. The first-order chi connectivity index (χ1) is 10.5. The predicted molar refractivity (Wildman–Crippen MR) is 79.8 cm³/mol. The standard InChI is InChI=1S/C16H19N3O3/c1-10(20)11-4-5-13(21-2)12(8-11)9-14-18-15(19-22-14)16(17)6-3-7-16/h4-5,8H,3,6-7,9,17H2,1-2H3. The number of nitrogens with two attached hydrogens (primary N) is 1. The van der Waals surface area contributed by atoms with E-state index in [-0.39, 0.29) is 5.78 Å². The highest BCUT2D eigenvalue weighted by Gasteiger charge is 2.38. The van der Waals surface area contributed by atoms with Gasteiger partial charge in [0.15, 0.2) is 11.6 Å². The summed E-state index contributed by atoms with van der Waals surface area (Å²) >= 11 is 0. The molecule has 6 heteroatoms. The van der Waals surface area contributed by atoms with E-state index in [2.05, 4.69) is 10.1 Å². The third kappa shape index (κ3) is 2.62. The number of Topliss-reactive ketones (excluding diaryl/α,β-unsaturated/α-hetero) is 1. The molecule has 1 aliphatic carbocycles. The summed E-state index contributed by atoms with van der Waals surface area (Å²) < 4.78 is 10.6. The molecule has 0 spiro atoms. The van der Waals surface area contributed by atoms with E-state index in [0.717, 1.165) is 24.8 Å². The minimum atomic E-state index is -0.437. The SMILES string of the molecule is COc1ccc(C(C)=O)cc1Cc1nc(C2(N)CCC2)no1. The first-order valence-electron chi connectivity index (χ1n) is 7.31. The van der Waals surface area contributed by atoms with Crippen LogP contribution in [0.1, 0.15) is 53.8 Å². The predicted octanol–water partition coefficient (Wildman–Crippen LogP) is 2.21. The highest BCUT2D eigenvalue weighted by Crippen LogP contribution is 2.37. The molecule has 0 bridgehead atoms. The largest absolute Gasteiger partial charge is 0.496 e. The molecule has 1 aliphatic rings. The quantitative estimate of drug-likeness (QED) is 0.851. The second kappa shape index (κ2) is 5.53. The van der Waals surface area contributed by atoms with Gasteiger partial charge in [-0.05, 0) is 44.4 Å². The molecule has 0 atom stereocenters. The summed E-state index contributed by atoms with van der Waals surface area (Å²) in [5, 5.41) is 4.00. The van der Waals surface area contributed by atoms with Gasteiger partial charge in [-0.3, -0.25) is 4.79 Å². The molecule has 3 rings (SSSR count). The number of hydrogen-bond donors (Lipinski definition) is 1. The van der Waals surface area contributed by atoms with Gasteiger partial charge < -0.3 is 15.0 Å². The molecule has 6 nitrogen and oxygen atoms in total. The number of hydrogen-bond acceptors (Lipinski definition) is 6. The average molecular weight is 301 g/mol. The summed E-state index contributed by atoms with van der Waals surface area (Å²) in [5.74, 6) is 1.74. The lowest BCUT2D eigenvalue weighted by molar-refractivity contribution is 0.101. The zero-order valence-electron chi connectivity index (χ0n) is 12.8. The summed E-state index contributed by atoms with van der Waals surface area (Å²) in [4.78, 5) is 15.9. The van der Waals surface area contributed by atoms with Crippen LogP contribution in [0.4, 0.5) is 0 Å². The number of rotatable bonds is 5. The van der Waals surface area contributed by atoms with E-state index in [4.69, 9.17) is 15.0 Å². The smallest absolute Gasteiger partial charge is 0.231 e. The average Bonchev–Trinajstić information content (AvgIpc) is 2.93. The molecule has 0 aliphatic heterocycles. The Labute approximate surface area is 128 Å². The van der Waals surface area contributed by atoms with Gasteiger partial charge in [-0.1, -0.05) is 5.16 Å². The molecule has 116 valence electrons. The van der Waals surface area contributed by atoms with Crippen molar-refractivity contribution >= 4 is 5.78 Å². The fraction of sp³-hybridized carbons (Fsp3) is 0.438. The molecule has 1 saturated carbocycles. The monoisotopic (exact) mass is 301 g/mol. The van der Waals surface area contributed by atoms with E-state index in [9.17, 15) is 4.79 Å². The second-order valence-electron chi connectivity index (χ2n) is 5.78. The number of carbonyl (C=O) groups excluding carboxylic acids is 1. The first kappa shape index (κ1) is 14.7. The number of ether oxygens (including phenoxy) is 1. The fourth-order valence-corrected chi connectivity index (χ4v) is 2.61. The highest BCUT2D eigenvalue weighted by atomic mass is 16.5. The van der Waals surface area contributed by atoms with Crippen LogP contribution in [0.25, 0.3) is 0 Å². The van der Waals surface area contributed by atoms with Gasteiger partial charge >= 0.3 is 0 Å². The minimum Gasteiger partial charge on any atom is -0.496 e. The number of methoxy groups -OCH3 is 1. The number of nitrogens with zero attached hydrogens (tertiary/aromatic N) is 2. The van der Waals surface area contributed by atoms with Crippen molar-refractivity contribution in [2.45, 2.75) is 38.1 Å². The van der Waals surface area contributed by atoms with Crippen LogP contribution < -0.4 is 10.5 Å². The Kier molecular flexibility index (Phi) is 3.70. The van der Waals surface area contributed by atoms with Gasteiger partial charge in [-0.2, -0.15) is 4.98 Å². The minimum absolute atomic E-state index is 0.00509. The highest BCUT2D eigenvalue weighted by molar-refractivity contribution is 5.94. The molecule has 0 unspecified atom stereocenters. The van der Waals surface area contributed by atoms with Crippen molar-refractivity contribution in [3.05, 3.63) is 41.0 Å². The van der Waals surface area contributed by atoms with Crippen LogP contribution in [0.15, 0.2) is 22.7 Å². The van der Waals surface area contributed by atoms with Gasteiger partial charge in [0, 0.05) is 11.1 Å². The topological polar surface area (TPSA) is 91.2 Å². The molecule has 0 saturated heterocycles. The van der Waals surface area contributed by atoms with Crippen LogP contribution >= 0.6 is 0 Å². The Hall–Kier alpha value is -2.21. The van der Waals surface area contributed by atoms with Crippen LogP contribution in [0, 0.1) is 0 Å². The van der Waals surface area contributed by atoms with Crippen molar-refractivity contribution in [1.82, 2.24) is 10.1 Å². The zero-order chi connectivity index (χ0) is 15.7. The Bertz CT molecular complexity index is 704. The molecule has 22 heavy (non-hydrogen) atoms. The molecule has 0 amide bonds.